The number of aromatic carboxylic acids is 1. The molecule has 21 heavy (non-hydrogen) atoms. The van der Waals surface area contributed by atoms with Crippen LogP contribution in [0, 0.1) is 5.41 Å². The standard InChI is InChI=1S/C18H21NO2/c1-17(2)9-13-15(18(3,4)10-17)14(16(20)21)11-7-5-6-8-12(11)19-13/h5-8H,9-10H2,1-4H3,(H,20,21). The van der Waals surface area contributed by atoms with Gasteiger partial charge in [-0.05, 0) is 35.3 Å². The van der Waals surface area contributed by atoms with Gasteiger partial charge in [-0.25, -0.2) is 4.79 Å². The number of nitrogens with zero attached hydrogens (tertiary/aromatic N) is 1. The molecular formula is C18H21NO2. The lowest BCUT2D eigenvalue weighted by Gasteiger charge is -2.42. The Kier molecular flexibility index (Phi) is 2.88. The molecule has 1 N–H and O–H groups in total. The molecule has 0 saturated heterocycles. The van der Waals surface area contributed by atoms with E-state index in [1.54, 1.807) is 0 Å². The Morgan fingerprint density at radius 2 is 1.86 bits per heavy atom. The zero-order chi connectivity index (χ0) is 15.4. The summed E-state index contributed by atoms with van der Waals surface area (Å²) in [4.78, 5) is 16.7. The second-order valence-corrected chi connectivity index (χ2v) is 7.53. The average molecular weight is 283 g/mol. The van der Waals surface area contributed by atoms with Crippen molar-refractivity contribution in [3.05, 3.63) is 41.1 Å². The predicted molar refractivity (Wildman–Crippen MR) is 83.8 cm³/mol. The van der Waals surface area contributed by atoms with E-state index in [1.165, 1.54) is 0 Å². The number of hydrogen-bond acceptors (Lipinski definition) is 2. The van der Waals surface area contributed by atoms with Crippen LogP contribution in [0.2, 0.25) is 0 Å². The third-order valence-corrected chi connectivity index (χ3v) is 4.42. The molecule has 1 aromatic carbocycles. The number of carboxylic acid groups (broad SMARTS) is 1. The summed E-state index contributed by atoms with van der Waals surface area (Å²) in [7, 11) is 0. The van der Waals surface area contributed by atoms with Crippen LogP contribution in [0.15, 0.2) is 24.3 Å². The highest BCUT2D eigenvalue weighted by molar-refractivity contribution is 6.04. The summed E-state index contributed by atoms with van der Waals surface area (Å²) < 4.78 is 0. The molecule has 0 bridgehead atoms. The Balaban J connectivity index is 2.43. The number of carboxylic acids is 1. The van der Waals surface area contributed by atoms with Crippen molar-refractivity contribution in [3.63, 3.8) is 0 Å². The number of para-hydroxylation sites is 1. The molecule has 2 aromatic rings. The molecule has 0 unspecified atom stereocenters. The maximum Gasteiger partial charge on any atom is 0.336 e. The fourth-order valence-corrected chi connectivity index (χ4v) is 4.14. The smallest absolute Gasteiger partial charge is 0.336 e. The SMILES string of the molecule is CC1(C)Cc2nc3ccccc3c(C(=O)O)c2C(C)(C)C1. The summed E-state index contributed by atoms with van der Waals surface area (Å²) in [6.45, 7) is 8.73. The van der Waals surface area contributed by atoms with Crippen LogP contribution in [0.4, 0.5) is 0 Å². The van der Waals surface area contributed by atoms with Crippen LogP contribution < -0.4 is 0 Å². The van der Waals surface area contributed by atoms with Crippen molar-refractivity contribution in [2.45, 2.75) is 46.0 Å². The third kappa shape index (κ3) is 2.21. The van der Waals surface area contributed by atoms with Gasteiger partial charge in [0, 0.05) is 11.1 Å². The molecule has 110 valence electrons. The van der Waals surface area contributed by atoms with E-state index < -0.39 is 5.97 Å². The topological polar surface area (TPSA) is 50.2 Å². The van der Waals surface area contributed by atoms with E-state index in [4.69, 9.17) is 4.98 Å². The van der Waals surface area contributed by atoms with Gasteiger partial charge in [0.1, 0.15) is 0 Å². The number of aromatic nitrogens is 1. The molecule has 1 aliphatic carbocycles. The summed E-state index contributed by atoms with van der Waals surface area (Å²) in [6, 6.07) is 7.55. The van der Waals surface area contributed by atoms with Gasteiger partial charge in [0.2, 0.25) is 0 Å². The van der Waals surface area contributed by atoms with E-state index in [2.05, 4.69) is 27.7 Å². The normalized spacial score (nSPS) is 19.2. The van der Waals surface area contributed by atoms with Crippen molar-refractivity contribution in [1.82, 2.24) is 4.98 Å². The van der Waals surface area contributed by atoms with Crippen molar-refractivity contribution in [2.75, 3.05) is 0 Å². The van der Waals surface area contributed by atoms with Crippen LogP contribution >= 0.6 is 0 Å². The first kappa shape index (κ1) is 14.1. The first-order valence-electron chi connectivity index (χ1n) is 7.37. The minimum atomic E-state index is -0.849. The molecule has 0 atom stereocenters. The maximum absolute atomic E-state index is 11.9. The first-order chi connectivity index (χ1) is 9.71. The van der Waals surface area contributed by atoms with Gasteiger partial charge < -0.3 is 5.11 Å². The molecule has 1 aromatic heterocycles. The first-order valence-corrected chi connectivity index (χ1v) is 7.37. The Hall–Kier alpha value is -1.90. The number of carbonyl (C=O) groups is 1. The van der Waals surface area contributed by atoms with Gasteiger partial charge in [-0.15, -0.1) is 0 Å². The molecule has 3 rings (SSSR count). The van der Waals surface area contributed by atoms with E-state index >= 15 is 0 Å². The van der Waals surface area contributed by atoms with Gasteiger partial charge in [0.15, 0.2) is 0 Å². The van der Waals surface area contributed by atoms with Crippen molar-refractivity contribution in [1.29, 1.82) is 0 Å². The molecule has 0 radical (unpaired) electrons. The van der Waals surface area contributed by atoms with Crippen LogP contribution in [-0.4, -0.2) is 16.1 Å². The highest BCUT2D eigenvalue weighted by Crippen LogP contribution is 2.47. The predicted octanol–water partition coefficient (Wildman–Crippen LogP) is 4.18. The van der Waals surface area contributed by atoms with Crippen molar-refractivity contribution in [3.8, 4) is 0 Å². The van der Waals surface area contributed by atoms with Crippen LogP contribution in [0.3, 0.4) is 0 Å². The number of hydrogen-bond donors (Lipinski definition) is 1. The average Bonchev–Trinajstić information content (AvgIpc) is 2.33. The van der Waals surface area contributed by atoms with E-state index in [0.717, 1.165) is 35.0 Å². The molecule has 3 heteroatoms. The lowest BCUT2D eigenvalue weighted by molar-refractivity contribution is 0.0693. The zero-order valence-electron chi connectivity index (χ0n) is 13.0. The van der Waals surface area contributed by atoms with Gasteiger partial charge in [-0.3, -0.25) is 4.98 Å². The lowest BCUT2D eigenvalue weighted by Crippen LogP contribution is -2.37. The molecule has 0 amide bonds. The number of pyridine rings is 1. The molecular weight excluding hydrogens is 262 g/mol. The Morgan fingerprint density at radius 1 is 1.19 bits per heavy atom. The fourth-order valence-electron chi connectivity index (χ4n) is 4.14. The van der Waals surface area contributed by atoms with E-state index in [0.29, 0.717) is 5.56 Å². The van der Waals surface area contributed by atoms with Gasteiger partial charge in [0.25, 0.3) is 0 Å². The van der Waals surface area contributed by atoms with Crippen LogP contribution in [0.25, 0.3) is 10.9 Å². The summed E-state index contributed by atoms with van der Waals surface area (Å²) in [5.74, 6) is -0.849. The van der Waals surface area contributed by atoms with Gasteiger partial charge in [-0.2, -0.15) is 0 Å². The Morgan fingerprint density at radius 3 is 2.52 bits per heavy atom. The maximum atomic E-state index is 11.9. The summed E-state index contributed by atoms with van der Waals surface area (Å²) in [5.41, 5.74) is 3.06. The summed E-state index contributed by atoms with van der Waals surface area (Å²) in [5, 5.41) is 10.5. The van der Waals surface area contributed by atoms with Gasteiger partial charge >= 0.3 is 5.97 Å². The number of fused-ring (bicyclic) bond motifs is 2. The quantitative estimate of drug-likeness (QED) is 0.854. The number of benzene rings is 1. The molecule has 0 spiro atoms. The van der Waals surface area contributed by atoms with Crippen LogP contribution in [0.1, 0.15) is 55.7 Å². The minimum absolute atomic E-state index is 0.141. The van der Waals surface area contributed by atoms with E-state index in [9.17, 15) is 9.90 Å². The monoisotopic (exact) mass is 283 g/mol. The molecule has 0 aliphatic heterocycles. The summed E-state index contributed by atoms with van der Waals surface area (Å²) in [6.07, 6.45) is 1.80. The third-order valence-electron chi connectivity index (χ3n) is 4.42. The van der Waals surface area contributed by atoms with Gasteiger partial charge in [-0.1, -0.05) is 45.9 Å². The molecule has 0 saturated carbocycles. The largest absolute Gasteiger partial charge is 0.478 e. The highest BCUT2D eigenvalue weighted by Gasteiger charge is 2.41. The molecule has 3 nitrogen and oxygen atoms in total. The number of rotatable bonds is 1. The van der Waals surface area contributed by atoms with Crippen molar-refractivity contribution in [2.24, 2.45) is 5.41 Å². The summed E-state index contributed by atoms with van der Waals surface area (Å²) >= 11 is 0. The highest BCUT2D eigenvalue weighted by atomic mass is 16.4. The Bertz CT molecular complexity index is 744. The van der Waals surface area contributed by atoms with Gasteiger partial charge in [0.05, 0.1) is 11.1 Å². The lowest BCUT2D eigenvalue weighted by atomic mass is 9.62. The van der Waals surface area contributed by atoms with Crippen LogP contribution in [0.5, 0.6) is 0 Å². The zero-order valence-corrected chi connectivity index (χ0v) is 13.0. The molecule has 1 heterocycles. The van der Waals surface area contributed by atoms with Crippen molar-refractivity contribution < 1.29 is 9.90 Å². The van der Waals surface area contributed by atoms with E-state index in [1.807, 2.05) is 24.3 Å². The molecule has 1 aliphatic rings. The Labute approximate surface area is 125 Å². The van der Waals surface area contributed by atoms with Crippen LogP contribution in [-0.2, 0) is 11.8 Å². The second-order valence-electron chi connectivity index (χ2n) is 7.53. The fraction of sp³-hybridized carbons (Fsp3) is 0.444. The molecule has 0 fully saturated rings. The van der Waals surface area contributed by atoms with E-state index in [-0.39, 0.29) is 10.8 Å². The second kappa shape index (κ2) is 4.30. The van der Waals surface area contributed by atoms with Crippen molar-refractivity contribution >= 4 is 16.9 Å². The minimum Gasteiger partial charge on any atom is -0.478 e.